The number of thiol groups is 2. The summed E-state index contributed by atoms with van der Waals surface area (Å²) in [5, 5.41) is 13.9. The maximum Gasteiger partial charge on any atom is 0.327 e. The van der Waals surface area contributed by atoms with Crippen LogP contribution in [0.15, 0.2) is 30.3 Å². The van der Waals surface area contributed by atoms with Gasteiger partial charge in [-0.05, 0) is 5.56 Å². The van der Waals surface area contributed by atoms with Crippen molar-refractivity contribution in [2.45, 2.75) is 24.5 Å². The molecule has 0 fully saturated rings. The molecule has 0 aromatic heterocycles. The summed E-state index contributed by atoms with van der Waals surface area (Å²) in [5.74, 6) is -2.28. The Morgan fingerprint density at radius 3 is 2.08 bits per heavy atom. The van der Waals surface area contributed by atoms with Crippen LogP contribution in [0.5, 0.6) is 0 Å². The Morgan fingerprint density at radius 2 is 1.58 bits per heavy atom. The molecule has 0 heterocycles. The number of carboxylic acid groups (broad SMARTS) is 1. The molecule has 0 aliphatic carbocycles. The third kappa shape index (κ3) is 6.42. The third-order valence-corrected chi connectivity index (χ3v) is 4.00. The molecule has 0 bridgehead atoms. The van der Waals surface area contributed by atoms with Crippen LogP contribution in [0.4, 0.5) is 0 Å². The van der Waals surface area contributed by atoms with E-state index in [9.17, 15) is 14.4 Å². The number of amides is 2. The van der Waals surface area contributed by atoms with E-state index in [1.54, 1.807) is 24.3 Å². The minimum absolute atomic E-state index is 0.0662. The van der Waals surface area contributed by atoms with Crippen molar-refractivity contribution in [2.75, 3.05) is 11.5 Å². The second-order valence-electron chi connectivity index (χ2n) is 5.12. The Hall–Kier alpha value is -1.71. The summed E-state index contributed by atoms with van der Waals surface area (Å²) in [6.07, 6.45) is 0.205. The Kier molecular flexibility index (Phi) is 8.66. The van der Waals surface area contributed by atoms with Gasteiger partial charge in [0.25, 0.3) is 0 Å². The Bertz CT molecular complexity index is 571. The normalized spacial score (nSPS) is 14.3. The number of hydrogen-bond donors (Lipinski definition) is 6. The Labute approximate surface area is 151 Å². The van der Waals surface area contributed by atoms with E-state index in [1.807, 2.05) is 6.07 Å². The molecule has 24 heavy (non-hydrogen) atoms. The first kappa shape index (κ1) is 20.3. The summed E-state index contributed by atoms with van der Waals surface area (Å²) >= 11 is 7.85. The van der Waals surface area contributed by atoms with Crippen LogP contribution >= 0.6 is 25.3 Å². The molecule has 0 aliphatic rings. The molecule has 9 heteroatoms. The van der Waals surface area contributed by atoms with Crippen LogP contribution in [0.1, 0.15) is 5.56 Å². The Balaban J connectivity index is 2.88. The molecule has 132 valence electrons. The molecule has 0 spiro atoms. The minimum Gasteiger partial charge on any atom is -0.480 e. The summed E-state index contributed by atoms with van der Waals surface area (Å²) in [5.41, 5.74) is 6.42. The highest BCUT2D eigenvalue weighted by atomic mass is 32.1. The second-order valence-corrected chi connectivity index (χ2v) is 5.85. The first-order chi connectivity index (χ1) is 11.4. The fourth-order valence-electron chi connectivity index (χ4n) is 1.88. The van der Waals surface area contributed by atoms with E-state index in [-0.39, 0.29) is 17.9 Å². The highest BCUT2D eigenvalue weighted by molar-refractivity contribution is 7.80. The smallest absolute Gasteiger partial charge is 0.327 e. The molecule has 7 nitrogen and oxygen atoms in total. The molecule has 0 aliphatic heterocycles. The molecule has 2 amide bonds. The molecule has 5 N–H and O–H groups in total. The second kappa shape index (κ2) is 10.2. The third-order valence-electron chi connectivity index (χ3n) is 3.25. The number of aliphatic carboxylic acids is 1. The van der Waals surface area contributed by atoms with Gasteiger partial charge in [0.2, 0.25) is 11.8 Å². The van der Waals surface area contributed by atoms with Crippen molar-refractivity contribution >= 4 is 43.0 Å². The van der Waals surface area contributed by atoms with Crippen LogP contribution in [0.25, 0.3) is 0 Å². The molecule has 1 rings (SSSR count). The van der Waals surface area contributed by atoms with E-state index < -0.39 is 35.9 Å². The number of nitrogens with one attached hydrogen (secondary N) is 2. The van der Waals surface area contributed by atoms with E-state index in [4.69, 9.17) is 10.8 Å². The zero-order valence-corrected chi connectivity index (χ0v) is 14.7. The predicted octanol–water partition coefficient (Wildman–Crippen LogP) is -0.530. The van der Waals surface area contributed by atoms with Crippen LogP contribution in [-0.2, 0) is 20.8 Å². The highest BCUT2D eigenvalue weighted by Gasteiger charge is 2.27. The van der Waals surface area contributed by atoms with Gasteiger partial charge in [0, 0.05) is 17.9 Å². The largest absolute Gasteiger partial charge is 0.480 e. The maximum atomic E-state index is 12.4. The maximum absolute atomic E-state index is 12.4. The summed E-state index contributed by atoms with van der Waals surface area (Å²) in [4.78, 5) is 35.4. The number of hydrogen-bond acceptors (Lipinski definition) is 6. The highest BCUT2D eigenvalue weighted by Crippen LogP contribution is 2.05. The summed E-state index contributed by atoms with van der Waals surface area (Å²) in [7, 11) is 0. The van der Waals surface area contributed by atoms with Gasteiger partial charge in [-0.3, -0.25) is 9.59 Å². The summed E-state index contributed by atoms with van der Waals surface area (Å²) < 4.78 is 0. The number of carboxylic acids is 1. The number of rotatable bonds is 9. The van der Waals surface area contributed by atoms with Gasteiger partial charge >= 0.3 is 5.97 Å². The Morgan fingerprint density at radius 1 is 1.00 bits per heavy atom. The van der Waals surface area contributed by atoms with Crippen LogP contribution in [0.2, 0.25) is 0 Å². The zero-order valence-electron chi connectivity index (χ0n) is 12.9. The molecule has 0 saturated heterocycles. The summed E-state index contributed by atoms with van der Waals surface area (Å²) in [6.45, 7) is 0. The SMILES string of the molecule is NC(CS)C(=O)NC(Cc1ccccc1)C(=O)NC(CS)C(=O)O. The lowest BCUT2D eigenvalue weighted by molar-refractivity contribution is -0.141. The quantitative estimate of drug-likeness (QED) is 0.326. The minimum atomic E-state index is -1.20. The zero-order chi connectivity index (χ0) is 18.1. The lowest BCUT2D eigenvalue weighted by Crippen LogP contribution is -2.55. The van der Waals surface area contributed by atoms with E-state index >= 15 is 0 Å². The predicted molar refractivity (Wildman–Crippen MR) is 97.3 cm³/mol. The van der Waals surface area contributed by atoms with Gasteiger partial charge < -0.3 is 21.5 Å². The number of carbonyl (C=O) groups excluding carboxylic acids is 2. The molecular formula is C15H21N3O4S2. The van der Waals surface area contributed by atoms with Gasteiger partial charge in [0.15, 0.2) is 0 Å². The van der Waals surface area contributed by atoms with Crippen LogP contribution in [0.3, 0.4) is 0 Å². The van der Waals surface area contributed by atoms with Crippen molar-refractivity contribution in [3.63, 3.8) is 0 Å². The van der Waals surface area contributed by atoms with Gasteiger partial charge in [0.05, 0.1) is 6.04 Å². The number of benzene rings is 1. The van der Waals surface area contributed by atoms with Crippen molar-refractivity contribution in [1.29, 1.82) is 0 Å². The first-order valence-electron chi connectivity index (χ1n) is 7.23. The standard InChI is InChI=1S/C15H21N3O4S2/c16-10(7-23)13(19)17-11(6-9-4-2-1-3-5-9)14(20)18-12(8-24)15(21)22/h1-5,10-12,23-24H,6-8,16H2,(H,17,19)(H,18,20)(H,21,22). The topological polar surface area (TPSA) is 122 Å². The van der Waals surface area contributed by atoms with Crippen molar-refractivity contribution in [3.05, 3.63) is 35.9 Å². The van der Waals surface area contributed by atoms with Gasteiger partial charge in [-0.1, -0.05) is 30.3 Å². The molecule has 1 aromatic carbocycles. The lowest BCUT2D eigenvalue weighted by Gasteiger charge is -2.22. The van der Waals surface area contributed by atoms with Crippen LogP contribution in [0, 0.1) is 0 Å². The first-order valence-corrected chi connectivity index (χ1v) is 8.50. The van der Waals surface area contributed by atoms with Crippen molar-refractivity contribution in [2.24, 2.45) is 5.73 Å². The lowest BCUT2D eigenvalue weighted by atomic mass is 10.0. The molecular weight excluding hydrogens is 350 g/mol. The molecule has 0 saturated carbocycles. The molecule has 3 unspecified atom stereocenters. The number of nitrogens with two attached hydrogens (primary N) is 1. The van der Waals surface area contributed by atoms with Gasteiger partial charge in [0.1, 0.15) is 12.1 Å². The fraction of sp³-hybridized carbons (Fsp3) is 0.400. The van der Waals surface area contributed by atoms with Crippen LogP contribution in [-0.4, -0.2) is 52.5 Å². The molecule has 0 radical (unpaired) electrons. The van der Waals surface area contributed by atoms with Gasteiger partial charge in [-0.25, -0.2) is 4.79 Å². The van der Waals surface area contributed by atoms with Crippen molar-refractivity contribution < 1.29 is 19.5 Å². The van der Waals surface area contributed by atoms with Crippen molar-refractivity contribution in [1.82, 2.24) is 10.6 Å². The van der Waals surface area contributed by atoms with E-state index in [1.165, 1.54) is 0 Å². The van der Waals surface area contributed by atoms with E-state index in [0.29, 0.717) is 0 Å². The average molecular weight is 371 g/mol. The molecule has 1 aromatic rings. The average Bonchev–Trinajstić information content (AvgIpc) is 2.58. The monoisotopic (exact) mass is 371 g/mol. The number of carbonyl (C=O) groups is 3. The van der Waals surface area contributed by atoms with Gasteiger partial charge in [-0.2, -0.15) is 25.3 Å². The van der Waals surface area contributed by atoms with Gasteiger partial charge in [-0.15, -0.1) is 0 Å². The fourth-order valence-corrected chi connectivity index (χ4v) is 2.29. The van der Waals surface area contributed by atoms with E-state index in [0.717, 1.165) is 5.56 Å². The van der Waals surface area contributed by atoms with E-state index in [2.05, 4.69) is 35.9 Å². The molecule has 3 atom stereocenters. The van der Waals surface area contributed by atoms with Crippen LogP contribution < -0.4 is 16.4 Å². The summed E-state index contributed by atoms with van der Waals surface area (Å²) in [6, 6.07) is 6.09. The van der Waals surface area contributed by atoms with Crippen molar-refractivity contribution in [3.8, 4) is 0 Å².